The number of carbonyl (C=O) groups is 1. The highest BCUT2D eigenvalue weighted by Crippen LogP contribution is 2.48. The zero-order chi connectivity index (χ0) is 18.4. The number of hydrogen-bond acceptors (Lipinski definition) is 2. The van der Waals surface area contributed by atoms with Gasteiger partial charge in [0.2, 0.25) is 5.91 Å². The predicted molar refractivity (Wildman–Crippen MR) is 112 cm³/mol. The Bertz CT molecular complexity index is 1180. The first-order chi connectivity index (χ1) is 13.2. The van der Waals surface area contributed by atoms with Crippen LogP contribution in [-0.4, -0.2) is 5.91 Å². The fourth-order valence-corrected chi connectivity index (χ4v) is 3.95. The molecule has 0 atom stereocenters. The average Bonchev–Trinajstić information content (AvgIpc) is 3.01. The average molecular weight is 350 g/mol. The van der Waals surface area contributed by atoms with Crippen molar-refractivity contribution in [3.05, 3.63) is 78.9 Å². The second-order valence-electron chi connectivity index (χ2n) is 6.79. The Morgan fingerprint density at radius 1 is 0.630 bits per heavy atom. The second kappa shape index (κ2) is 5.99. The van der Waals surface area contributed by atoms with E-state index in [0.717, 1.165) is 17.1 Å². The second-order valence-corrected chi connectivity index (χ2v) is 6.79. The lowest BCUT2D eigenvalue weighted by Gasteiger charge is -2.15. The van der Waals surface area contributed by atoms with Gasteiger partial charge < -0.3 is 10.6 Å². The van der Waals surface area contributed by atoms with Crippen molar-refractivity contribution in [3.8, 4) is 22.3 Å². The van der Waals surface area contributed by atoms with Crippen LogP contribution in [0.5, 0.6) is 0 Å². The number of hydrogen-bond donors (Lipinski definition) is 2. The molecule has 4 aromatic carbocycles. The number of amides is 1. The highest BCUT2D eigenvalue weighted by molar-refractivity contribution is 6.18. The minimum Gasteiger partial charge on any atom is -0.353 e. The van der Waals surface area contributed by atoms with Crippen molar-refractivity contribution < 1.29 is 4.79 Å². The highest BCUT2D eigenvalue weighted by Gasteiger charge is 2.21. The van der Waals surface area contributed by atoms with Crippen molar-refractivity contribution in [2.24, 2.45) is 0 Å². The van der Waals surface area contributed by atoms with E-state index in [4.69, 9.17) is 0 Å². The zero-order valence-corrected chi connectivity index (χ0v) is 14.9. The molecule has 0 radical (unpaired) electrons. The molecule has 3 heteroatoms. The molecule has 0 fully saturated rings. The third-order valence-electron chi connectivity index (χ3n) is 5.06. The summed E-state index contributed by atoms with van der Waals surface area (Å²) >= 11 is 0. The van der Waals surface area contributed by atoms with Gasteiger partial charge in [-0.05, 0) is 45.8 Å². The molecule has 0 aromatic heterocycles. The number of para-hydroxylation sites is 2. The standard InChI is InChI=1S/C24H18N2O/c1-15(27)25-22-11-4-5-12-23(22)26-21-14-13-19-17-8-3-2-7-16(17)18-9-6-10-20(21)24(18)19/h2-14,26H,1H3,(H,25,27). The fraction of sp³-hybridized carbons (Fsp3) is 0.0417. The van der Waals surface area contributed by atoms with Crippen LogP contribution in [0.25, 0.3) is 33.0 Å². The van der Waals surface area contributed by atoms with Crippen molar-refractivity contribution in [1.82, 2.24) is 0 Å². The van der Waals surface area contributed by atoms with E-state index in [2.05, 4.69) is 65.2 Å². The Morgan fingerprint density at radius 2 is 1.26 bits per heavy atom. The van der Waals surface area contributed by atoms with Gasteiger partial charge in [0.15, 0.2) is 0 Å². The molecule has 130 valence electrons. The van der Waals surface area contributed by atoms with Gasteiger partial charge in [0.1, 0.15) is 0 Å². The van der Waals surface area contributed by atoms with Crippen molar-refractivity contribution in [3.63, 3.8) is 0 Å². The van der Waals surface area contributed by atoms with Gasteiger partial charge in [-0.25, -0.2) is 0 Å². The molecule has 3 nitrogen and oxygen atoms in total. The molecule has 0 heterocycles. The zero-order valence-electron chi connectivity index (χ0n) is 14.9. The molecule has 2 N–H and O–H groups in total. The largest absolute Gasteiger partial charge is 0.353 e. The third kappa shape index (κ3) is 2.48. The molecule has 0 saturated carbocycles. The van der Waals surface area contributed by atoms with Gasteiger partial charge in [-0.1, -0.05) is 60.7 Å². The van der Waals surface area contributed by atoms with Crippen LogP contribution in [0, 0.1) is 0 Å². The summed E-state index contributed by atoms with van der Waals surface area (Å²) in [6, 6.07) is 27.0. The van der Waals surface area contributed by atoms with Gasteiger partial charge in [-0.2, -0.15) is 0 Å². The van der Waals surface area contributed by atoms with Gasteiger partial charge in [-0.15, -0.1) is 0 Å². The summed E-state index contributed by atoms with van der Waals surface area (Å²) in [5.41, 5.74) is 7.80. The normalized spacial score (nSPS) is 11.3. The van der Waals surface area contributed by atoms with Crippen molar-refractivity contribution >= 4 is 33.7 Å². The SMILES string of the molecule is CC(=O)Nc1ccccc1Nc1ccc2c3c(cccc13)-c1ccccc1-2. The monoisotopic (exact) mass is 350 g/mol. The Morgan fingerprint density at radius 3 is 2.00 bits per heavy atom. The van der Waals surface area contributed by atoms with Gasteiger partial charge >= 0.3 is 0 Å². The van der Waals surface area contributed by atoms with Crippen LogP contribution in [0.1, 0.15) is 6.92 Å². The van der Waals surface area contributed by atoms with Gasteiger partial charge in [-0.3, -0.25) is 4.79 Å². The summed E-state index contributed by atoms with van der Waals surface area (Å²) in [7, 11) is 0. The maximum atomic E-state index is 11.5. The number of fused-ring (bicyclic) bond motifs is 3. The van der Waals surface area contributed by atoms with Crippen LogP contribution < -0.4 is 10.6 Å². The molecule has 0 unspecified atom stereocenters. The van der Waals surface area contributed by atoms with E-state index in [-0.39, 0.29) is 5.91 Å². The maximum absolute atomic E-state index is 11.5. The van der Waals surface area contributed by atoms with E-state index in [0.29, 0.717) is 0 Å². The lowest BCUT2D eigenvalue weighted by atomic mass is 10.0. The molecule has 5 rings (SSSR count). The Kier molecular flexibility index (Phi) is 3.47. The third-order valence-corrected chi connectivity index (χ3v) is 5.06. The van der Waals surface area contributed by atoms with Crippen LogP contribution >= 0.6 is 0 Å². The molecule has 0 bridgehead atoms. The van der Waals surface area contributed by atoms with Crippen molar-refractivity contribution in [2.45, 2.75) is 6.92 Å². The Balaban J connectivity index is 1.66. The molecule has 0 spiro atoms. The minimum absolute atomic E-state index is 0.0832. The summed E-state index contributed by atoms with van der Waals surface area (Å²) in [4.78, 5) is 11.5. The lowest BCUT2D eigenvalue weighted by molar-refractivity contribution is -0.114. The summed E-state index contributed by atoms with van der Waals surface area (Å²) in [5.74, 6) is -0.0832. The van der Waals surface area contributed by atoms with E-state index < -0.39 is 0 Å². The van der Waals surface area contributed by atoms with Gasteiger partial charge in [0.25, 0.3) is 0 Å². The first-order valence-electron chi connectivity index (χ1n) is 9.01. The maximum Gasteiger partial charge on any atom is 0.221 e. The number of nitrogens with one attached hydrogen (secondary N) is 2. The van der Waals surface area contributed by atoms with Crippen LogP contribution in [-0.2, 0) is 4.79 Å². The Labute approximate surface area is 157 Å². The lowest BCUT2D eigenvalue weighted by Crippen LogP contribution is -2.07. The van der Waals surface area contributed by atoms with Crippen molar-refractivity contribution in [2.75, 3.05) is 10.6 Å². The van der Waals surface area contributed by atoms with Gasteiger partial charge in [0.05, 0.1) is 11.4 Å². The van der Waals surface area contributed by atoms with E-state index in [9.17, 15) is 4.79 Å². The summed E-state index contributed by atoms with van der Waals surface area (Å²) < 4.78 is 0. The first-order valence-corrected chi connectivity index (χ1v) is 9.01. The fourth-order valence-electron chi connectivity index (χ4n) is 3.95. The van der Waals surface area contributed by atoms with Crippen LogP contribution in [0.3, 0.4) is 0 Å². The topological polar surface area (TPSA) is 41.1 Å². The number of benzene rings is 4. The molecule has 1 amide bonds. The summed E-state index contributed by atoms with van der Waals surface area (Å²) in [6.07, 6.45) is 0. The molecule has 1 aliphatic carbocycles. The Hall–Kier alpha value is -3.59. The van der Waals surface area contributed by atoms with E-state index in [1.54, 1.807) is 0 Å². The molecule has 0 aliphatic heterocycles. The first kappa shape index (κ1) is 15.6. The number of carbonyl (C=O) groups excluding carboxylic acids is 1. The minimum atomic E-state index is -0.0832. The van der Waals surface area contributed by atoms with Crippen LogP contribution in [0.15, 0.2) is 78.9 Å². The van der Waals surface area contributed by atoms with E-state index in [1.165, 1.54) is 39.9 Å². The number of anilines is 3. The molecular formula is C24H18N2O. The molecule has 1 aliphatic rings. The van der Waals surface area contributed by atoms with Crippen LogP contribution in [0.2, 0.25) is 0 Å². The molecular weight excluding hydrogens is 332 g/mol. The van der Waals surface area contributed by atoms with Crippen molar-refractivity contribution in [1.29, 1.82) is 0 Å². The van der Waals surface area contributed by atoms with Gasteiger partial charge in [0, 0.05) is 18.0 Å². The highest BCUT2D eigenvalue weighted by atomic mass is 16.1. The smallest absolute Gasteiger partial charge is 0.221 e. The van der Waals surface area contributed by atoms with Crippen LogP contribution in [0.4, 0.5) is 17.1 Å². The predicted octanol–water partition coefficient (Wildman–Crippen LogP) is 6.19. The molecule has 4 aromatic rings. The summed E-state index contributed by atoms with van der Waals surface area (Å²) in [6.45, 7) is 1.52. The summed E-state index contributed by atoms with van der Waals surface area (Å²) in [5, 5.41) is 8.86. The molecule has 27 heavy (non-hydrogen) atoms. The molecule has 0 saturated heterocycles. The number of rotatable bonds is 3. The van der Waals surface area contributed by atoms with E-state index in [1.807, 2.05) is 24.3 Å². The quantitative estimate of drug-likeness (QED) is 0.407. The van der Waals surface area contributed by atoms with E-state index >= 15 is 0 Å².